The van der Waals surface area contributed by atoms with E-state index < -0.39 is 17.4 Å². The Bertz CT molecular complexity index is 1910. The SMILES string of the molecule is CCC(Nc1nc(N)nc2c1C(=O)N(C)CN2Cc1ccc(OC)cc1)c1nc2cccc(F)c2c(=O)n1-c1ccccc1. The van der Waals surface area contributed by atoms with Crippen molar-refractivity contribution in [1.82, 2.24) is 24.4 Å². The molecular formula is C32H31FN8O3. The number of hydrogen-bond donors (Lipinski definition) is 2. The Balaban J connectivity index is 1.46. The summed E-state index contributed by atoms with van der Waals surface area (Å²) < 4.78 is 21.6. The van der Waals surface area contributed by atoms with Gasteiger partial charge in [0.2, 0.25) is 5.95 Å². The molecular weight excluding hydrogens is 563 g/mol. The number of para-hydroxylation sites is 1. The number of carbonyl (C=O) groups is 1. The van der Waals surface area contributed by atoms with Gasteiger partial charge >= 0.3 is 0 Å². The van der Waals surface area contributed by atoms with Crippen LogP contribution in [0.2, 0.25) is 0 Å². The Morgan fingerprint density at radius 1 is 1.00 bits per heavy atom. The minimum Gasteiger partial charge on any atom is -0.497 e. The van der Waals surface area contributed by atoms with Gasteiger partial charge < -0.3 is 25.6 Å². The molecule has 2 aromatic heterocycles. The zero-order valence-electron chi connectivity index (χ0n) is 24.5. The lowest BCUT2D eigenvalue weighted by atomic mass is 10.1. The fourth-order valence-electron chi connectivity index (χ4n) is 5.43. The summed E-state index contributed by atoms with van der Waals surface area (Å²) in [4.78, 5) is 44.6. The van der Waals surface area contributed by atoms with Gasteiger partial charge in [-0.25, -0.2) is 9.37 Å². The quantitative estimate of drug-likeness (QED) is 0.266. The van der Waals surface area contributed by atoms with Gasteiger partial charge in [0, 0.05) is 13.6 Å². The standard InChI is InChI=1S/C32H31FN8O3/c1-4-23(28-36-24-12-8-11-22(33)25(24)31(43)41(28)20-9-6-5-7-10-20)35-27-26-29(38-32(34)37-27)40(18-39(2)30(26)42)17-19-13-15-21(44-3)16-14-19/h5-16,23H,4,17-18H2,1-3H3,(H3,34,35,37,38). The summed E-state index contributed by atoms with van der Waals surface area (Å²) >= 11 is 0. The van der Waals surface area contributed by atoms with Gasteiger partial charge in [-0.05, 0) is 48.4 Å². The van der Waals surface area contributed by atoms with E-state index in [9.17, 15) is 14.0 Å². The third-order valence-corrected chi connectivity index (χ3v) is 7.60. The van der Waals surface area contributed by atoms with E-state index in [4.69, 9.17) is 15.5 Å². The van der Waals surface area contributed by atoms with Crippen LogP contribution in [-0.4, -0.2) is 51.2 Å². The summed E-state index contributed by atoms with van der Waals surface area (Å²) in [5.41, 5.74) is 7.65. The van der Waals surface area contributed by atoms with E-state index in [0.717, 1.165) is 11.3 Å². The van der Waals surface area contributed by atoms with Gasteiger partial charge in [-0.15, -0.1) is 0 Å². The second-order valence-corrected chi connectivity index (χ2v) is 10.5. The zero-order valence-corrected chi connectivity index (χ0v) is 24.5. The normalized spacial score (nSPS) is 13.6. The zero-order chi connectivity index (χ0) is 31.0. The van der Waals surface area contributed by atoms with Crippen LogP contribution in [0.1, 0.15) is 41.1 Å². The van der Waals surface area contributed by atoms with Crippen molar-refractivity contribution in [3.8, 4) is 11.4 Å². The van der Waals surface area contributed by atoms with Gasteiger partial charge in [0.05, 0.1) is 31.0 Å². The molecule has 0 radical (unpaired) electrons. The topological polar surface area (TPSA) is 132 Å². The predicted molar refractivity (Wildman–Crippen MR) is 167 cm³/mol. The number of aromatic nitrogens is 4. The van der Waals surface area contributed by atoms with E-state index in [1.165, 1.54) is 16.7 Å². The van der Waals surface area contributed by atoms with Gasteiger partial charge in [-0.1, -0.05) is 43.3 Å². The number of fused-ring (bicyclic) bond motifs is 2. The molecule has 3 aromatic carbocycles. The third kappa shape index (κ3) is 5.14. The van der Waals surface area contributed by atoms with Crippen molar-refractivity contribution in [3.05, 3.63) is 106 Å². The Labute approximate surface area is 252 Å². The Hall–Kier alpha value is -5.52. The molecule has 1 amide bonds. The number of nitrogens with one attached hydrogen (secondary N) is 1. The highest BCUT2D eigenvalue weighted by molar-refractivity contribution is 6.05. The number of nitrogens with two attached hydrogens (primary N) is 1. The summed E-state index contributed by atoms with van der Waals surface area (Å²) in [5, 5.41) is 3.24. The number of nitrogens with zero attached hydrogens (tertiary/aromatic N) is 6. The van der Waals surface area contributed by atoms with Crippen molar-refractivity contribution in [2.24, 2.45) is 0 Å². The first kappa shape index (κ1) is 28.6. The number of hydrogen-bond acceptors (Lipinski definition) is 9. The fraction of sp³-hybridized carbons (Fsp3) is 0.219. The first-order valence-electron chi connectivity index (χ1n) is 14.1. The van der Waals surface area contributed by atoms with Crippen LogP contribution < -0.4 is 26.2 Å². The Morgan fingerprint density at radius 2 is 1.75 bits per heavy atom. The number of rotatable bonds is 8. The van der Waals surface area contributed by atoms with Gasteiger partial charge in [0.1, 0.15) is 34.2 Å². The second kappa shape index (κ2) is 11.6. The highest BCUT2D eigenvalue weighted by atomic mass is 19.1. The highest BCUT2D eigenvalue weighted by Gasteiger charge is 2.34. The van der Waals surface area contributed by atoms with Crippen molar-refractivity contribution in [1.29, 1.82) is 0 Å². The molecule has 12 heteroatoms. The van der Waals surface area contributed by atoms with Gasteiger partial charge in [0.15, 0.2) is 5.82 Å². The molecule has 3 N–H and O–H groups in total. The maximum absolute atomic E-state index is 14.9. The fourth-order valence-corrected chi connectivity index (χ4v) is 5.43. The number of amides is 1. The number of benzene rings is 3. The van der Waals surface area contributed by atoms with E-state index >= 15 is 0 Å². The van der Waals surface area contributed by atoms with Crippen LogP contribution in [0.4, 0.5) is 22.0 Å². The summed E-state index contributed by atoms with van der Waals surface area (Å²) in [6.45, 7) is 2.65. The van der Waals surface area contributed by atoms with Crippen molar-refractivity contribution in [3.63, 3.8) is 0 Å². The van der Waals surface area contributed by atoms with Gasteiger partial charge in [-0.2, -0.15) is 9.97 Å². The molecule has 1 unspecified atom stereocenters. The molecule has 0 fully saturated rings. The molecule has 5 aromatic rings. The molecule has 3 heterocycles. The van der Waals surface area contributed by atoms with Crippen LogP contribution in [0.5, 0.6) is 5.75 Å². The van der Waals surface area contributed by atoms with Crippen LogP contribution in [0.25, 0.3) is 16.6 Å². The lowest BCUT2D eigenvalue weighted by Crippen LogP contribution is -2.45. The summed E-state index contributed by atoms with van der Waals surface area (Å²) in [5.74, 6) is 0.721. The Kier molecular flexibility index (Phi) is 7.56. The van der Waals surface area contributed by atoms with Crippen molar-refractivity contribution in [2.75, 3.05) is 36.8 Å². The predicted octanol–water partition coefficient (Wildman–Crippen LogP) is 4.52. The highest BCUT2D eigenvalue weighted by Crippen LogP contribution is 2.34. The second-order valence-electron chi connectivity index (χ2n) is 10.5. The average Bonchev–Trinajstić information content (AvgIpc) is 3.02. The van der Waals surface area contributed by atoms with Crippen LogP contribution >= 0.6 is 0 Å². The van der Waals surface area contributed by atoms with E-state index in [0.29, 0.717) is 30.3 Å². The molecule has 0 saturated heterocycles. The summed E-state index contributed by atoms with van der Waals surface area (Å²) in [6, 6.07) is 20.3. The lowest BCUT2D eigenvalue weighted by molar-refractivity contribution is 0.0781. The number of ether oxygens (including phenoxy) is 1. The van der Waals surface area contributed by atoms with E-state index in [1.807, 2.05) is 42.2 Å². The number of halogens is 1. The molecule has 0 aliphatic carbocycles. The molecule has 0 bridgehead atoms. The molecule has 11 nitrogen and oxygen atoms in total. The molecule has 0 spiro atoms. The smallest absolute Gasteiger partial charge is 0.269 e. The summed E-state index contributed by atoms with van der Waals surface area (Å²) in [7, 11) is 3.31. The first-order valence-corrected chi connectivity index (χ1v) is 14.1. The molecule has 44 heavy (non-hydrogen) atoms. The maximum Gasteiger partial charge on any atom is 0.269 e. The Morgan fingerprint density at radius 3 is 2.45 bits per heavy atom. The van der Waals surface area contributed by atoms with Crippen molar-refractivity contribution < 1.29 is 13.9 Å². The van der Waals surface area contributed by atoms with Crippen LogP contribution in [0.15, 0.2) is 77.6 Å². The monoisotopic (exact) mass is 594 g/mol. The van der Waals surface area contributed by atoms with Crippen molar-refractivity contribution >= 4 is 34.4 Å². The molecule has 1 aliphatic heterocycles. The molecule has 0 saturated carbocycles. The molecule has 1 atom stereocenters. The molecule has 1 aliphatic rings. The van der Waals surface area contributed by atoms with Crippen LogP contribution in [0, 0.1) is 5.82 Å². The number of carbonyl (C=O) groups excluding carboxylic acids is 1. The number of nitrogen functional groups attached to an aromatic ring is 1. The van der Waals surface area contributed by atoms with Crippen LogP contribution in [0.3, 0.4) is 0 Å². The van der Waals surface area contributed by atoms with Crippen molar-refractivity contribution in [2.45, 2.75) is 25.9 Å². The maximum atomic E-state index is 14.9. The van der Waals surface area contributed by atoms with E-state index in [-0.39, 0.29) is 40.8 Å². The molecule has 6 rings (SSSR count). The van der Waals surface area contributed by atoms with Crippen LogP contribution in [-0.2, 0) is 6.54 Å². The van der Waals surface area contributed by atoms with Gasteiger partial charge in [-0.3, -0.25) is 14.2 Å². The summed E-state index contributed by atoms with van der Waals surface area (Å²) in [6.07, 6.45) is 0.443. The average molecular weight is 595 g/mol. The van der Waals surface area contributed by atoms with Gasteiger partial charge in [0.25, 0.3) is 11.5 Å². The minimum atomic E-state index is -0.652. The first-order chi connectivity index (χ1) is 21.3. The van der Waals surface area contributed by atoms with E-state index in [2.05, 4.69) is 15.3 Å². The number of anilines is 3. The molecule has 224 valence electrons. The largest absolute Gasteiger partial charge is 0.497 e. The minimum absolute atomic E-state index is 0.0211. The lowest BCUT2D eigenvalue weighted by Gasteiger charge is -2.36. The number of methoxy groups -OCH3 is 1. The third-order valence-electron chi connectivity index (χ3n) is 7.60. The van der Waals surface area contributed by atoms with E-state index in [1.54, 1.807) is 49.4 Å².